The molecule has 0 saturated heterocycles. The van der Waals surface area contributed by atoms with Gasteiger partial charge >= 0.3 is 0 Å². The molecular weight excluding hydrogens is 276 g/mol. The highest BCUT2D eigenvalue weighted by atomic mass is 16.1. The van der Waals surface area contributed by atoms with E-state index in [0.717, 1.165) is 11.0 Å². The Morgan fingerprint density at radius 3 is 2.41 bits per heavy atom. The van der Waals surface area contributed by atoms with Gasteiger partial charge in [0.05, 0.1) is 16.6 Å². The first-order valence-electron chi connectivity index (χ1n) is 6.98. The van der Waals surface area contributed by atoms with E-state index in [-0.39, 0.29) is 11.3 Å². The van der Waals surface area contributed by atoms with E-state index in [2.05, 4.69) is 4.98 Å². The van der Waals surface area contributed by atoms with Crippen molar-refractivity contribution < 1.29 is 4.79 Å². The van der Waals surface area contributed by atoms with Crippen molar-refractivity contribution in [3.05, 3.63) is 88.2 Å². The molecule has 0 bridgehead atoms. The molecule has 2 heterocycles. The number of carbonyl (C=O) groups is 1. The predicted molar refractivity (Wildman–Crippen MR) is 85.4 cm³/mol. The lowest BCUT2D eigenvalue weighted by Crippen LogP contribution is -2.14. The van der Waals surface area contributed by atoms with Crippen molar-refractivity contribution in [2.75, 3.05) is 0 Å². The predicted octanol–water partition coefficient (Wildman–Crippen LogP) is 3.01. The summed E-state index contributed by atoms with van der Waals surface area (Å²) in [6.45, 7) is 0. The quantitative estimate of drug-likeness (QED) is 0.576. The van der Waals surface area contributed by atoms with E-state index in [9.17, 15) is 9.59 Å². The summed E-state index contributed by atoms with van der Waals surface area (Å²) >= 11 is 0. The third kappa shape index (κ3) is 1.78. The van der Waals surface area contributed by atoms with E-state index in [1.165, 1.54) is 6.07 Å². The fraction of sp³-hybridized carbons (Fsp3) is 0. The Labute approximate surface area is 125 Å². The summed E-state index contributed by atoms with van der Waals surface area (Å²) in [5.41, 5.74) is 3.06. The lowest BCUT2D eigenvalue weighted by Gasteiger charge is -2.03. The number of hydrogen-bond acceptors (Lipinski definition) is 2. The molecule has 1 N–H and O–H groups in total. The summed E-state index contributed by atoms with van der Waals surface area (Å²) in [6, 6.07) is 19.6. The van der Waals surface area contributed by atoms with Gasteiger partial charge in [0.2, 0.25) is 0 Å². The van der Waals surface area contributed by atoms with Gasteiger partial charge in [0.15, 0.2) is 5.78 Å². The molecule has 22 heavy (non-hydrogen) atoms. The number of fused-ring (bicyclic) bond motifs is 3. The molecule has 0 spiro atoms. The van der Waals surface area contributed by atoms with Crippen LogP contribution >= 0.6 is 0 Å². The molecule has 0 aliphatic heterocycles. The molecule has 0 fully saturated rings. The number of ketones is 1. The topological polar surface area (TPSA) is 54.3 Å². The van der Waals surface area contributed by atoms with Crippen LogP contribution < -0.4 is 5.56 Å². The zero-order valence-corrected chi connectivity index (χ0v) is 11.6. The number of nitrogens with zero attached hydrogens (tertiary/aromatic N) is 1. The minimum Gasteiger partial charge on any atom is -0.339 e. The minimum absolute atomic E-state index is 0.107. The summed E-state index contributed by atoms with van der Waals surface area (Å²) in [7, 11) is 0. The van der Waals surface area contributed by atoms with Crippen LogP contribution in [0.15, 0.2) is 71.5 Å². The number of H-pyrrole nitrogens is 1. The first-order valence-corrected chi connectivity index (χ1v) is 6.98. The third-order valence-corrected chi connectivity index (χ3v) is 3.77. The number of rotatable bonds is 2. The zero-order valence-electron chi connectivity index (χ0n) is 11.6. The van der Waals surface area contributed by atoms with Gasteiger partial charge in [0.25, 0.3) is 5.56 Å². The second-order valence-electron chi connectivity index (χ2n) is 5.11. The van der Waals surface area contributed by atoms with Gasteiger partial charge in [-0.1, -0.05) is 42.5 Å². The van der Waals surface area contributed by atoms with E-state index in [0.29, 0.717) is 16.8 Å². The van der Waals surface area contributed by atoms with Crippen molar-refractivity contribution in [1.82, 2.24) is 9.38 Å². The molecule has 0 aliphatic carbocycles. The molecule has 2 aromatic heterocycles. The Kier molecular flexibility index (Phi) is 2.69. The monoisotopic (exact) mass is 288 g/mol. The smallest absolute Gasteiger partial charge is 0.256 e. The van der Waals surface area contributed by atoms with Crippen molar-refractivity contribution in [1.29, 1.82) is 0 Å². The Hall–Kier alpha value is -3.14. The molecule has 4 nitrogen and oxygen atoms in total. The van der Waals surface area contributed by atoms with Crippen LogP contribution in [0.5, 0.6) is 0 Å². The SMILES string of the molecule is O=C(c1ccccc1)c1ccc(=O)n2c1[nH]c1ccccc12. The molecule has 0 amide bonds. The number of aromatic amines is 1. The summed E-state index contributed by atoms with van der Waals surface area (Å²) in [4.78, 5) is 28.1. The normalized spacial score (nSPS) is 11.1. The fourth-order valence-corrected chi connectivity index (χ4v) is 2.73. The average molecular weight is 288 g/mol. The van der Waals surface area contributed by atoms with Gasteiger partial charge in [-0.05, 0) is 18.2 Å². The maximum atomic E-state index is 12.7. The first-order chi connectivity index (χ1) is 10.8. The van der Waals surface area contributed by atoms with Gasteiger partial charge < -0.3 is 4.98 Å². The number of nitrogens with one attached hydrogen (secondary N) is 1. The summed E-state index contributed by atoms with van der Waals surface area (Å²) in [5.74, 6) is -0.107. The molecule has 0 aliphatic rings. The molecule has 4 heteroatoms. The largest absolute Gasteiger partial charge is 0.339 e. The van der Waals surface area contributed by atoms with Crippen LogP contribution in [0.1, 0.15) is 15.9 Å². The molecule has 4 aromatic rings. The van der Waals surface area contributed by atoms with Crippen LogP contribution in [-0.2, 0) is 0 Å². The summed E-state index contributed by atoms with van der Waals surface area (Å²) in [6.07, 6.45) is 0. The van der Waals surface area contributed by atoms with E-state index in [1.807, 2.05) is 42.5 Å². The highest BCUT2D eigenvalue weighted by Gasteiger charge is 2.16. The summed E-state index contributed by atoms with van der Waals surface area (Å²) < 4.78 is 1.55. The van der Waals surface area contributed by atoms with Gasteiger partial charge in [-0.2, -0.15) is 0 Å². The van der Waals surface area contributed by atoms with Crippen LogP contribution in [0.2, 0.25) is 0 Å². The highest BCUT2D eigenvalue weighted by molar-refractivity contribution is 6.13. The molecule has 0 saturated carbocycles. The minimum atomic E-state index is -0.155. The first kappa shape index (κ1) is 12.6. The van der Waals surface area contributed by atoms with E-state index in [4.69, 9.17) is 0 Å². The van der Waals surface area contributed by atoms with Crippen molar-refractivity contribution in [2.45, 2.75) is 0 Å². The lowest BCUT2D eigenvalue weighted by atomic mass is 10.0. The van der Waals surface area contributed by atoms with E-state index in [1.54, 1.807) is 22.6 Å². The molecule has 0 radical (unpaired) electrons. The zero-order chi connectivity index (χ0) is 15.1. The van der Waals surface area contributed by atoms with Crippen LogP contribution in [0.3, 0.4) is 0 Å². The van der Waals surface area contributed by atoms with Crippen LogP contribution in [0, 0.1) is 0 Å². The van der Waals surface area contributed by atoms with Gasteiger partial charge in [-0.25, -0.2) is 0 Å². The maximum Gasteiger partial charge on any atom is 0.256 e. The lowest BCUT2D eigenvalue weighted by molar-refractivity contribution is 0.104. The van der Waals surface area contributed by atoms with Crippen molar-refractivity contribution >= 4 is 22.5 Å². The molecule has 0 unspecified atom stereocenters. The summed E-state index contributed by atoms with van der Waals surface area (Å²) in [5, 5.41) is 0. The number of carbonyl (C=O) groups excluding carboxylic acids is 1. The molecule has 0 atom stereocenters. The van der Waals surface area contributed by atoms with Crippen molar-refractivity contribution in [2.24, 2.45) is 0 Å². The number of pyridine rings is 1. The highest BCUT2D eigenvalue weighted by Crippen LogP contribution is 2.19. The Morgan fingerprint density at radius 1 is 0.864 bits per heavy atom. The third-order valence-electron chi connectivity index (χ3n) is 3.77. The van der Waals surface area contributed by atoms with Gasteiger partial charge in [0, 0.05) is 11.6 Å². The van der Waals surface area contributed by atoms with Crippen molar-refractivity contribution in [3.8, 4) is 0 Å². The Morgan fingerprint density at radius 2 is 1.59 bits per heavy atom. The van der Waals surface area contributed by atoms with Crippen LogP contribution in [-0.4, -0.2) is 15.2 Å². The van der Waals surface area contributed by atoms with E-state index < -0.39 is 0 Å². The van der Waals surface area contributed by atoms with Gasteiger partial charge in [-0.3, -0.25) is 14.0 Å². The fourth-order valence-electron chi connectivity index (χ4n) is 2.73. The number of benzene rings is 2. The number of para-hydroxylation sites is 2. The number of aromatic nitrogens is 2. The van der Waals surface area contributed by atoms with Gasteiger partial charge in [-0.15, -0.1) is 0 Å². The van der Waals surface area contributed by atoms with Gasteiger partial charge in [0.1, 0.15) is 5.65 Å². The molecule has 2 aromatic carbocycles. The standard InChI is InChI=1S/C18H12N2O2/c21-16-11-10-13(17(22)12-6-2-1-3-7-12)18-19-14-8-4-5-9-15(14)20(16)18/h1-11,19H. The maximum absolute atomic E-state index is 12.7. The molecular formula is C18H12N2O2. The van der Waals surface area contributed by atoms with E-state index >= 15 is 0 Å². The molecule has 106 valence electrons. The molecule has 4 rings (SSSR count). The second kappa shape index (κ2) is 4.70. The Balaban J connectivity index is 2.06. The average Bonchev–Trinajstić information content (AvgIpc) is 2.95. The van der Waals surface area contributed by atoms with Crippen molar-refractivity contribution in [3.63, 3.8) is 0 Å². The van der Waals surface area contributed by atoms with Crippen LogP contribution in [0.4, 0.5) is 0 Å². The Bertz CT molecular complexity index is 1060. The second-order valence-corrected chi connectivity index (χ2v) is 5.11. The number of hydrogen-bond donors (Lipinski definition) is 1. The van der Waals surface area contributed by atoms with Crippen LogP contribution in [0.25, 0.3) is 16.7 Å². The number of imidazole rings is 1.